The normalized spacial score (nSPS) is 11.0. The zero-order chi connectivity index (χ0) is 16.4. The molecular weight excluding hydrogens is 299 g/mol. The number of hydrogen-bond donors (Lipinski definition) is 1. The van der Waals surface area contributed by atoms with Crippen LogP contribution in [0.15, 0.2) is 79.3 Å². The maximum absolute atomic E-state index is 13.5. The van der Waals surface area contributed by atoms with Crippen LogP contribution >= 0.6 is 0 Å². The molecule has 4 rings (SSSR count). The molecule has 4 aromatic rings. The second-order valence-corrected chi connectivity index (χ2v) is 6.04. The first-order valence-corrected chi connectivity index (χ1v) is 8.05. The predicted molar refractivity (Wildman–Crippen MR) is 93.2 cm³/mol. The van der Waals surface area contributed by atoms with Gasteiger partial charge in [0.1, 0.15) is 5.82 Å². The first-order valence-electron chi connectivity index (χ1n) is 8.05. The number of aromatic amines is 1. The Bertz CT molecular complexity index is 956. The van der Waals surface area contributed by atoms with Crippen molar-refractivity contribution in [2.45, 2.75) is 13.0 Å². The largest absolute Gasteiger partial charge is 0.361 e. The molecule has 2 nitrogen and oxygen atoms in total. The van der Waals surface area contributed by atoms with E-state index in [2.05, 4.69) is 58.3 Å². The molecule has 3 heteroatoms. The Kier molecular flexibility index (Phi) is 3.83. The van der Waals surface area contributed by atoms with E-state index in [1.165, 1.54) is 17.2 Å². The third-order valence-corrected chi connectivity index (χ3v) is 4.29. The fourth-order valence-corrected chi connectivity index (χ4v) is 3.02. The molecule has 1 N–H and O–H groups in total. The lowest BCUT2D eigenvalue weighted by Crippen LogP contribution is -2.33. The van der Waals surface area contributed by atoms with E-state index in [9.17, 15) is 4.39 Å². The molecule has 2 aromatic heterocycles. The molecule has 0 bridgehead atoms. The fourth-order valence-electron chi connectivity index (χ4n) is 3.02. The summed E-state index contributed by atoms with van der Waals surface area (Å²) in [5, 5.41) is 0.955. The second kappa shape index (κ2) is 6.28. The zero-order valence-corrected chi connectivity index (χ0v) is 13.2. The number of aromatic nitrogens is 2. The third-order valence-electron chi connectivity index (χ3n) is 4.29. The van der Waals surface area contributed by atoms with Crippen LogP contribution in [0.3, 0.4) is 0 Å². The molecule has 0 aliphatic rings. The van der Waals surface area contributed by atoms with Gasteiger partial charge in [-0.1, -0.05) is 30.3 Å². The van der Waals surface area contributed by atoms with Crippen molar-refractivity contribution in [2.24, 2.45) is 0 Å². The van der Waals surface area contributed by atoms with Crippen molar-refractivity contribution in [1.82, 2.24) is 4.98 Å². The summed E-state index contributed by atoms with van der Waals surface area (Å²) >= 11 is 0. The van der Waals surface area contributed by atoms with Gasteiger partial charge >= 0.3 is 0 Å². The molecule has 0 unspecified atom stereocenters. The van der Waals surface area contributed by atoms with Gasteiger partial charge in [-0.15, -0.1) is 0 Å². The second-order valence-electron chi connectivity index (χ2n) is 6.04. The van der Waals surface area contributed by atoms with E-state index in [1.54, 1.807) is 12.1 Å². The Labute approximate surface area is 140 Å². The quantitative estimate of drug-likeness (QED) is 0.543. The highest BCUT2D eigenvalue weighted by atomic mass is 19.1. The third kappa shape index (κ3) is 3.06. The van der Waals surface area contributed by atoms with Gasteiger partial charge in [0.05, 0.1) is 0 Å². The van der Waals surface area contributed by atoms with Crippen LogP contribution in [0.5, 0.6) is 0 Å². The average molecular weight is 317 g/mol. The van der Waals surface area contributed by atoms with E-state index in [4.69, 9.17) is 0 Å². The number of pyridine rings is 1. The Morgan fingerprint density at radius 3 is 2.46 bits per heavy atom. The lowest BCUT2D eigenvalue weighted by Gasteiger charge is -2.01. The van der Waals surface area contributed by atoms with Crippen molar-refractivity contribution in [2.75, 3.05) is 0 Å². The summed E-state index contributed by atoms with van der Waals surface area (Å²) in [6.45, 7) is 0.861. The Morgan fingerprint density at radius 2 is 1.67 bits per heavy atom. The van der Waals surface area contributed by atoms with E-state index in [1.807, 2.05) is 12.3 Å². The summed E-state index contributed by atoms with van der Waals surface area (Å²) in [5.74, 6) is -0.197. The fraction of sp³-hybridized carbons (Fsp3) is 0.0952. The van der Waals surface area contributed by atoms with Gasteiger partial charge in [0.25, 0.3) is 0 Å². The van der Waals surface area contributed by atoms with E-state index < -0.39 is 0 Å². The monoisotopic (exact) mass is 317 g/mol. The molecule has 2 aromatic carbocycles. The molecule has 2 heterocycles. The summed E-state index contributed by atoms with van der Waals surface area (Å²) in [5.41, 5.74) is 4.58. The minimum atomic E-state index is -0.197. The Hall–Kier alpha value is -2.94. The van der Waals surface area contributed by atoms with Gasteiger partial charge in [0.2, 0.25) is 0 Å². The van der Waals surface area contributed by atoms with Crippen LogP contribution in [0, 0.1) is 5.82 Å². The molecule has 0 aliphatic carbocycles. The van der Waals surface area contributed by atoms with Crippen LogP contribution in [-0.4, -0.2) is 4.98 Å². The summed E-state index contributed by atoms with van der Waals surface area (Å²) in [7, 11) is 0. The standard InChI is InChI=1S/C21H18FN2/c22-19-6-7-21-20(13-19)18(14-23-21)12-16-8-10-24(11-9-16)15-17-4-2-1-3-5-17/h1-11,13-14,23H,12,15H2/q+1. The van der Waals surface area contributed by atoms with Crippen molar-refractivity contribution < 1.29 is 8.96 Å². The number of benzene rings is 2. The topological polar surface area (TPSA) is 19.7 Å². The van der Waals surface area contributed by atoms with Gasteiger partial charge in [-0.3, -0.25) is 0 Å². The smallest absolute Gasteiger partial charge is 0.173 e. The van der Waals surface area contributed by atoms with Gasteiger partial charge in [0, 0.05) is 34.8 Å². The average Bonchev–Trinajstić information content (AvgIpc) is 3.00. The zero-order valence-electron chi connectivity index (χ0n) is 13.2. The highest BCUT2D eigenvalue weighted by Crippen LogP contribution is 2.21. The van der Waals surface area contributed by atoms with Gasteiger partial charge in [0.15, 0.2) is 18.9 Å². The molecule has 0 saturated carbocycles. The SMILES string of the molecule is Fc1ccc2[nH]cc(Cc3cc[n+](Cc4ccccc4)cc3)c2c1. The summed E-state index contributed by atoms with van der Waals surface area (Å²) in [6, 6.07) is 19.5. The number of H-pyrrole nitrogens is 1. The highest BCUT2D eigenvalue weighted by Gasteiger charge is 2.08. The minimum absolute atomic E-state index is 0.197. The molecule has 0 saturated heterocycles. The van der Waals surface area contributed by atoms with Gasteiger partial charge in [-0.2, -0.15) is 0 Å². The van der Waals surface area contributed by atoms with Crippen LogP contribution in [0.1, 0.15) is 16.7 Å². The van der Waals surface area contributed by atoms with Crippen molar-refractivity contribution in [3.63, 3.8) is 0 Å². The number of nitrogens with one attached hydrogen (secondary N) is 1. The van der Waals surface area contributed by atoms with Crippen molar-refractivity contribution in [3.05, 3.63) is 102 Å². The molecule has 0 spiro atoms. The van der Waals surface area contributed by atoms with E-state index in [0.29, 0.717) is 0 Å². The molecule has 0 amide bonds. The van der Waals surface area contributed by atoms with Gasteiger partial charge in [-0.25, -0.2) is 8.96 Å². The van der Waals surface area contributed by atoms with E-state index >= 15 is 0 Å². The summed E-state index contributed by atoms with van der Waals surface area (Å²) < 4.78 is 15.6. The minimum Gasteiger partial charge on any atom is -0.361 e. The van der Waals surface area contributed by atoms with Crippen molar-refractivity contribution in [3.8, 4) is 0 Å². The molecular formula is C21H18FN2+. The Morgan fingerprint density at radius 1 is 0.875 bits per heavy atom. The summed E-state index contributed by atoms with van der Waals surface area (Å²) in [4.78, 5) is 3.21. The first kappa shape index (κ1) is 14.6. The Balaban J connectivity index is 1.53. The molecule has 0 radical (unpaired) electrons. The molecule has 0 aliphatic heterocycles. The predicted octanol–water partition coefficient (Wildman–Crippen LogP) is 4.23. The molecule has 24 heavy (non-hydrogen) atoms. The van der Waals surface area contributed by atoms with E-state index in [-0.39, 0.29) is 5.82 Å². The van der Waals surface area contributed by atoms with Crippen LogP contribution in [-0.2, 0) is 13.0 Å². The number of rotatable bonds is 4. The van der Waals surface area contributed by atoms with Crippen LogP contribution in [0.2, 0.25) is 0 Å². The number of halogens is 1. The highest BCUT2D eigenvalue weighted by molar-refractivity contribution is 5.83. The lowest BCUT2D eigenvalue weighted by molar-refractivity contribution is -0.688. The van der Waals surface area contributed by atoms with Gasteiger partial charge in [-0.05, 0) is 35.7 Å². The molecule has 118 valence electrons. The number of fused-ring (bicyclic) bond motifs is 1. The molecule has 0 fully saturated rings. The van der Waals surface area contributed by atoms with Crippen molar-refractivity contribution >= 4 is 10.9 Å². The van der Waals surface area contributed by atoms with Crippen molar-refractivity contribution in [1.29, 1.82) is 0 Å². The van der Waals surface area contributed by atoms with Crippen LogP contribution < -0.4 is 4.57 Å². The molecule has 0 atom stereocenters. The number of nitrogens with zero attached hydrogens (tertiary/aromatic N) is 1. The van der Waals surface area contributed by atoms with E-state index in [0.717, 1.165) is 29.4 Å². The van der Waals surface area contributed by atoms with Crippen LogP contribution in [0.4, 0.5) is 4.39 Å². The first-order chi connectivity index (χ1) is 11.8. The lowest BCUT2D eigenvalue weighted by atomic mass is 10.1. The number of hydrogen-bond acceptors (Lipinski definition) is 0. The summed E-state index contributed by atoms with van der Waals surface area (Å²) in [6.07, 6.45) is 6.94. The maximum Gasteiger partial charge on any atom is 0.173 e. The van der Waals surface area contributed by atoms with Crippen LogP contribution in [0.25, 0.3) is 10.9 Å². The maximum atomic E-state index is 13.5. The van der Waals surface area contributed by atoms with Gasteiger partial charge < -0.3 is 4.98 Å².